The van der Waals surface area contributed by atoms with E-state index in [0.717, 1.165) is 46.9 Å². The molecule has 10 heteroatoms. The van der Waals surface area contributed by atoms with Gasteiger partial charge >= 0.3 is 0 Å². The van der Waals surface area contributed by atoms with Crippen molar-refractivity contribution in [3.8, 4) is 28.6 Å². The summed E-state index contributed by atoms with van der Waals surface area (Å²) >= 11 is 0. The van der Waals surface area contributed by atoms with Crippen LogP contribution < -0.4 is 15.0 Å². The van der Waals surface area contributed by atoms with Crippen molar-refractivity contribution in [1.29, 1.82) is 0 Å². The van der Waals surface area contributed by atoms with E-state index >= 15 is 0 Å². The number of nitrogens with zero attached hydrogens (tertiary/aromatic N) is 4. The largest absolute Gasteiger partial charge is 0.490 e. The van der Waals surface area contributed by atoms with Crippen LogP contribution in [0.1, 0.15) is 36.6 Å². The first-order valence-corrected chi connectivity index (χ1v) is 12.3. The number of pyridine rings is 1. The van der Waals surface area contributed by atoms with E-state index in [0.29, 0.717) is 23.9 Å². The van der Waals surface area contributed by atoms with Gasteiger partial charge in [-0.3, -0.25) is 4.79 Å². The van der Waals surface area contributed by atoms with Gasteiger partial charge in [-0.15, -0.1) is 0 Å². The van der Waals surface area contributed by atoms with Gasteiger partial charge in [0.05, 0.1) is 0 Å². The molecule has 36 heavy (non-hydrogen) atoms. The average Bonchev–Trinajstić information content (AvgIpc) is 3.58. The normalized spacial score (nSPS) is 14.2. The summed E-state index contributed by atoms with van der Waals surface area (Å²) in [6, 6.07) is 7.84. The van der Waals surface area contributed by atoms with E-state index in [4.69, 9.17) is 14.4 Å². The van der Waals surface area contributed by atoms with Crippen LogP contribution in [0.15, 0.2) is 28.8 Å². The number of carbonyl (C=O) groups excluding carboxylic acids is 1. The maximum Gasteiger partial charge on any atom is 0.258 e. The highest BCUT2D eigenvalue weighted by Crippen LogP contribution is 2.32. The summed E-state index contributed by atoms with van der Waals surface area (Å²) in [6.45, 7) is 7.31. The van der Waals surface area contributed by atoms with Crippen molar-refractivity contribution in [2.45, 2.75) is 46.1 Å². The topological polar surface area (TPSA) is 134 Å². The van der Waals surface area contributed by atoms with Crippen molar-refractivity contribution in [3.05, 3.63) is 41.1 Å². The molecule has 192 valence electrons. The molecule has 0 spiro atoms. The van der Waals surface area contributed by atoms with Crippen LogP contribution in [-0.2, 0) is 11.2 Å². The molecule has 0 saturated carbocycles. The molecule has 1 amide bonds. The highest BCUT2D eigenvalue weighted by Gasteiger charge is 2.19. The Morgan fingerprint density at radius 3 is 2.67 bits per heavy atom. The molecular formula is C26H33N5O5. The lowest BCUT2D eigenvalue weighted by atomic mass is 10.0. The summed E-state index contributed by atoms with van der Waals surface area (Å²) < 4.78 is 11.5. The number of aromatic nitrogens is 3. The molecule has 3 N–H and O–H groups in total. The lowest BCUT2D eigenvalue weighted by molar-refractivity contribution is -0.124. The molecule has 1 fully saturated rings. The highest BCUT2D eigenvalue weighted by atomic mass is 16.5. The highest BCUT2D eigenvalue weighted by molar-refractivity contribution is 5.76. The third-order valence-corrected chi connectivity index (χ3v) is 6.13. The number of aliphatic hydroxyl groups excluding tert-OH is 2. The Morgan fingerprint density at radius 2 is 1.94 bits per heavy atom. The van der Waals surface area contributed by atoms with Crippen LogP contribution >= 0.6 is 0 Å². The second kappa shape index (κ2) is 11.5. The Kier molecular flexibility index (Phi) is 8.17. The third kappa shape index (κ3) is 6.00. The zero-order chi connectivity index (χ0) is 25.7. The van der Waals surface area contributed by atoms with E-state index in [1.54, 1.807) is 0 Å². The fourth-order valence-electron chi connectivity index (χ4n) is 4.31. The molecule has 2 aromatic heterocycles. The van der Waals surface area contributed by atoms with Crippen molar-refractivity contribution in [2.24, 2.45) is 0 Å². The molecule has 3 aromatic rings. The molecule has 10 nitrogen and oxygen atoms in total. The number of hydrogen-bond donors (Lipinski definition) is 3. The maximum atomic E-state index is 11.2. The molecule has 4 rings (SSSR count). The zero-order valence-electron chi connectivity index (χ0n) is 21.0. The monoisotopic (exact) mass is 495 g/mol. The summed E-state index contributed by atoms with van der Waals surface area (Å²) in [6.07, 6.45) is 2.15. The van der Waals surface area contributed by atoms with E-state index in [-0.39, 0.29) is 13.2 Å². The number of aryl methyl sites for hydroxylation is 3. The van der Waals surface area contributed by atoms with Crippen molar-refractivity contribution in [3.63, 3.8) is 0 Å². The lowest BCUT2D eigenvalue weighted by Crippen LogP contribution is -2.36. The van der Waals surface area contributed by atoms with Crippen LogP contribution in [0.4, 0.5) is 5.82 Å². The molecule has 1 atom stereocenters. The summed E-state index contributed by atoms with van der Waals surface area (Å²) in [5, 5.41) is 25.5. The summed E-state index contributed by atoms with van der Waals surface area (Å²) in [4.78, 5) is 22.8. The maximum absolute atomic E-state index is 11.2. The van der Waals surface area contributed by atoms with Gasteiger partial charge < -0.3 is 29.7 Å². The zero-order valence-corrected chi connectivity index (χ0v) is 21.0. The molecule has 1 aliphatic heterocycles. The number of carbonyl (C=O) groups is 1. The van der Waals surface area contributed by atoms with E-state index in [9.17, 15) is 9.90 Å². The van der Waals surface area contributed by atoms with Gasteiger partial charge in [-0.25, -0.2) is 4.98 Å². The standard InChI is InChI=1S/C26H33N5O5/c1-4-18-11-19(9-16(2)24(18)35-15-21(33)13-27-23(34)14-32)25-29-26(36-30-25)20-10-17(3)28-22(12-20)31-7-5-6-8-31/h9-12,21,32-33H,4-8,13-15H2,1-3H3,(H,27,34)/t21-/m0/s1. The van der Waals surface area contributed by atoms with E-state index in [1.807, 2.05) is 45.0 Å². The Morgan fingerprint density at radius 1 is 1.17 bits per heavy atom. The predicted molar refractivity (Wildman–Crippen MR) is 135 cm³/mol. The number of hydrogen-bond acceptors (Lipinski definition) is 9. The Hall–Kier alpha value is -3.50. The molecule has 0 aliphatic carbocycles. The molecular weight excluding hydrogens is 462 g/mol. The van der Waals surface area contributed by atoms with E-state index in [1.165, 1.54) is 12.8 Å². The minimum atomic E-state index is -0.904. The number of amides is 1. The van der Waals surface area contributed by atoms with Crippen LogP contribution in [0.2, 0.25) is 0 Å². The van der Waals surface area contributed by atoms with Gasteiger partial charge in [-0.2, -0.15) is 4.98 Å². The lowest BCUT2D eigenvalue weighted by Gasteiger charge is -2.17. The van der Waals surface area contributed by atoms with Crippen molar-refractivity contribution in [2.75, 3.05) is 37.7 Å². The number of nitrogens with one attached hydrogen (secondary N) is 1. The van der Waals surface area contributed by atoms with Crippen LogP contribution in [0, 0.1) is 13.8 Å². The Labute approximate surface area is 210 Å². The van der Waals surface area contributed by atoms with Crippen LogP contribution in [0.3, 0.4) is 0 Å². The van der Waals surface area contributed by atoms with Gasteiger partial charge in [0, 0.05) is 36.5 Å². The molecule has 0 unspecified atom stereocenters. The summed E-state index contributed by atoms with van der Waals surface area (Å²) in [5.74, 6) is 2.00. The smallest absolute Gasteiger partial charge is 0.258 e. The number of aliphatic hydroxyl groups is 2. The summed E-state index contributed by atoms with van der Waals surface area (Å²) in [5.41, 5.74) is 4.38. The van der Waals surface area contributed by atoms with Crippen molar-refractivity contribution in [1.82, 2.24) is 20.4 Å². The minimum Gasteiger partial charge on any atom is -0.490 e. The molecule has 0 bridgehead atoms. The first-order valence-electron chi connectivity index (χ1n) is 12.3. The molecule has 3 heterocycles. The Bertz CT molecular complexity index is 1210. The van der Waals surface area contributed by atoms with Gasteiger partial charge in [0.15, 0.2) is 0 Å². The fourth-order valence-corrected chi connectivity index (χ4v) is 4.31. The fraction of sp³-hybridized carbons (Fsp3) is 0.462. The number of benzene rings is 1. The van der Waals surface area contributed by atoms with Gasteiger partial charge in [-0.05, 0) is 68.5 Å². The first kappa shape index (κ1) is 25.6. The van der Waals surface area contributed by atoms with Gasteiger partial charge in [0.25, 0.3) is 5.89 Å². The van der Waals surface area contributed by atoms with Crippen LogP contribution in [0.5, 0.6) is 5.75 Å². The third-order valence-electron chi connectivity index (χ3n) is 6.13. The second-order valence-electron chi connectivity index (χ2n) is 9.03. The van der Waals surface area contributed by atoms with Crippen LogP contribution in [-0.4, -0.2) is 70.2 Å². The summed E-state index contributed by atoms with van der Waals surface area (Å²) in [7, 11) is 0. The van der Waals surface area contributed by atoms with Gasteiger partial charge in [-0.1, -0.05) is 12.1 Å². The van der Waals surface area contributed by atoms with Crippen LogP contribution in [0.25, 0.3) is 22.8 Å². The minimum absolute atomic E-state index is 0.00241. The van der Waals surface area contributed by atoms with Gasteiger partial charge in [0.1, 0.15) is 30.9 Å². The molecule has 0 radical (unpaired) electrons. The first-order chi connectivity index (χ1) is 17.4. The van der Waals surface area contributed by atoms with Crippen molar-refractivity contribution < 1.29 is 24.3 Å². The average molecular weight is 496 g/mol. The van der Waals surface area contributed by atoms with E-state index < -0.39 is 18.6 Å². The van der Waals surface area contributed by atoms with Crippen molar-refractivity contribution >= 4 is 11.7 Å². The number of ether oxygens (including phenoxy) is 1. The molecule has 1 aliphatic rings. The van der Waals surface area contributed by atoms with E-state index in [2.05, 4.69) is 25.3 Å². The Balaban J connectivity index is 1.51. The molecule has 1 aromatic carbocycles. The quantitative estimate of drug-likeness (QED) is 0.388. The number of rotatable bonds is 10. The number of anilines is 1. The van der Waals surface area contributed by atoms with Gasteiger partial charge in [0.2, 0.25) is 11.7 Å². The second-order valence-corrected chi connectivity index (χ2v) is 9.03. The molecule has 1 saturated heterocycles. The predicted octanol–water partition coefficient (Wildman–Crippen LogP) is 2.43. The SMILES string of the molecule is CCc1cc(-c2noc(-c3cc(C)nc(N4CCCC4)c3)n2)cc(C)c1OC[C@@H](O)CNC(=O)CO.